The minimum atomic E-state index is -0.367. The SMILES string of the molecule is CC1(C)CN(Cc2ccc(F)c(C(N)=S)c2)CC(C)(C)O1. The second kappa shape index (κ2) is 5.63. The maximum atomic E-state index is 13.6. The summed E-state index contributed by atoms with van der Waals surface area (Å²) in [6, 6.07) is 4.96. The molecule has 1 aliphatic heterocycles. The summed E-state index contributed by atoms with van der Waals surface area (Å²) in [5.41, 5.74) is 6.48. The molecule has 1 aromatic rings. The van der Waals surface area contributed by atoms with Gasteiger partial charge in [0, 0.05) is 25.2 Å². The first kappa shape index (κ1) is 16.3. The summed E-state index contributed by atoms with van der Waals surface area (Å²) in [6.07, 6.45) is 0. The predicted molar refractivity (Wildman–Crippen MR) is 86.8 cm³/mol. The first-order valence-corrected chi connectivity index (χ1v) is 7.50. The lowest BCUT2D eigenvalue weighted by Crippen LogP contribution is -2.56. The van der Waals surface area contributed by atoms with E-state index in [1.807, 2.05) is 0 Å². The van der Waals surface area contributed by atoms with Gasteiger partial charge in [-0.15, -0.1) is 0 Å². The van der Waals surface area contributed by atoms with Crippen LogP contribution in [0.1, 0.15) is 38.8 Å². The Balaban J connectivity index is 2.18. The molecular formula is C16H23FN2OS. The Kier molecular flexibility index (Phi) is 4.38. The molecule has 0 bridgehead atoms. The first-order chi connectivity index (χ1) is 9.58. The van der Waals surface area contributed by atoms with Gasteiger partial charge in [0.25, 0.3) is 0 Å². The molecule has 1 heterocycles. The van der Waals surface area contributed by atoms with Gasteiger partial charge in [-0.2, -0.15) is 0 Å². The molecule has 1 aliphatic rings. The van der Waals surface area contributed by atoms with E-state index in [9.17, 15) is 4.39 Å². The largest absolute Gasteiger partial charge is 0.389 e. The van der Waals surface area contributed by atoms with E-state index in [0.29, 0.717) is 5.56 Å². The topological polar surface area (TPSA) is 38.5 Å². The molecule has 0 amide bonds. The minimum absolute atomic E-state index is 0.0944. The van der Waals surface area contributed by atoms with E-state index in [2.05, 4.69) is 32.6 Å². The molecular weight excluding hydrogens is 287 g/mol. The van der Waals surface area contributed by atoms with E-state index >= 15 is 0 Å². The van der Waals surface area contributed by atoms with Crippen LogP contribution in [0, 0.1) is 5.82 Å². The molecule has 2 N–H and O–H groups in total. The van der Waals surface area contributed by atoms with Crippen LogP contribution >= 0.6 is 12.2 Å². The summed E-state index contributed by atoms with van der Waals surface area (Å²) >= 11 is 4.89. The van der Waals surface area contributed by atoms with Crippen molar-refractivity contribution in [2.24, 2.45) is 5.73 Å². The minimum Gasteiger partial charge on any atom is -0.389 e. The van der Waals surface area contributed by atoms with Crippen LogP contribution in [0.3, 0.4) is 0 Å². The van der Waals surface area contributed by atoms with Crippen molar-refractivity contribution in [3.05, 3.63) is 35.1 Å². The zero-order chi connectivity index (χ0) is 15.8. The van der Waals surface area contributed by atoms with Crippen LogP contribution in [0.5, 0.6) is 0 Å². The zero-order valence-electron chi connectivity index (χ0n) is 13.1. The van der Waals surface area contributed by atoms with Crippen molar-refractivity contribution >= 4 is 17.2 Å². The summed E-state index contributed by atoms with van der Waals surface area (Å²) in [7, 11) is 0. The number of ether oxygens (including phenoxy) is 1. The van der Waals surface area contributed by atoms with Crippen LogP contribution in [0.25, 0.3) is 0 Å². The van der Waals surface area contributed by atoms with Gasteiger partial charge in [-0.3, -0.25) is 4.90 Å². The van der Waals surface area contributed by atoms with Gasteiger partial charge in [-0.05, 0) is 45.4 Å². The molecule has 3 nitrogen and oxygen atoms in total. The van der Waals surface area contributed by atoms with Crippen LogP contribution in [-0.4, -0.2) is 34.2 Å². The molecule has 0 saturated carbocycles. The summed E-state index contributed by atoms with van der Waals surface area (Å²) in [6.45, 7) is 10.7. The second-order valence-corrected chi connectivity index (χ2v) is 7.38. The van der Waals surface area contributed by atoms with Crippen molar-refractivity contribution in [1.82, 2.24) is 4.90 Å². The standard InChI is InChI=1S/C16H23FN2OS/c1-15(2)9-19(10-16(3,4)20-15)8-11-5-6-13(17)12(7-11)14(18)21/h5-7H,8-10H2,1-4H3,(H2,18,21). The monoisotopic (exact) mass is 310 g/mol. The highest BCUT2D eigenvalue weighted by Gasteiger charge is 2.37. The molecule has 0 aromatic heterocycles. The molecule has 116 valence electrons. The van der Waals surface area contributed by atoms with Gasteiger partial charge in [-0.1, -0.05) is 18.3 Å². The highest BCUT2D eigenvalue weighted by Crippen LogP contribution is 2.29. The molecule has 5 heteroatoms. The summed E-state index contributed by atoms with van der Waals surface area (Å²) in [5, 5.41) is 0. The number of hydrogen-bond donors (Lipinski definition) is 1. The third kappa shape index (κ3) is 4.22. The predicted octanol–water partition coefficient (Wildman–Crippen LogP) is 2.85. The van der Waals surface area contributed by atoms with Crippen molar-refractivity contribution in [2.75, 3.05) is 13.1 Å². The average Bonchev–Trinajstić information content (AvgIpc) is 2.27. The molecule has 0 unspecified atom stereocenters. The molecule has 0 radical (unpaired) electrons. The molecule has 1 fully saturated rings. The van der Waals surface area contributed by atoms with E-state index in [-0.39, 0.29) is 22.0 Å². The lowest BCUT2D eigenvalue weighted by Gasteiger charge is -2.47. The molecule has 1 saturated heterocycles. The van der Waals surface area contributed by atoms with Crippen molar-refractivity contribution in [3.8, 4) is 0 Å². The fourth-order valence-electron chi connectivity index (χ4n) is 3.18. The number of thiocarbonyl (C=S) groups is 1. The number of halogens is 1. The number of morpholine rings is 1. The van der Waals surface area contributed by atoms with Gasteiger partial charge in [0.1, 0.15) is 10.8 Å². The average molecular weight is 310 g/mol. The molecule has 21 heavy (non-hydrogen) atoms. The molecule has 0 atom stereocenters. The van der Waals surface area contributed by atoms with Crippen LogP contribution in [0.15, 0.2) is 18.2 Å². The number of nitrogens with two attached hydrogens (primary N) is 1. The van der Waals surface area contributed by atoms with Crippen LogP contribution in [0.4, 0.5) is 4.39 Å². The quantitative estimate of drug-likeness (QED) is 0.871. The fraction of sp³-hybridized carbons (Fsp3) is 0.562. The van der Waals surface area contributed by atoms with Crippen molar-refractivity contribution in [1.29, 1.82) is 0 Å². The third-order valence-electron chi connectivity index (χ3n) is 3.46. The van der Waals surface area contributed by atoms with Gasteiger partial charge in [0.2, 0.25) is 0 Å². The Bertz CT molecular complexity index is 541. The van der Waals surface area contributed by atoms with Gasteiger partial charge < -0.3 is 10.5 Å². The number of hydrogen-bond acceptors (Lipinski definition) is 3. The van der Waals surface area contributed by atoms with E-state index < -0.39 is 0 Å². The summed E-state index contributed by atoms with van der Waals surface area (Å²) in [5.74, 6) is -0.367. The molecule has 0 aliphatic carbocycles. The van der Waals surface area contributed by atoms with Crippen LogP contribution in [0.2, 0.25) is 0 Å². The van der Waals surface area contributed by atoms with Gasteiger partial charge >= 0.3 is 0 Å². The third-order valence-corrected chi connectivity index (χ3v) is 3.68. The maximum absolute atomic E-state index is 13.6. The van der Waals surface area contributed by atoms with E-state index in [1.54, 1.807) is 12.1 Å². The second-order valence-electron chi connectivity index (χ2n) is 6.95. The number of rotatable bonds is 3. The van der Waals surface area contributed by atoms with Gasteiger partial charge in [0.15, 0.2) is 0 Å². The molecule has 2 rings (SSSR count). The fourth-order valence-corrected chi connectivity index (χ4v) is 3.33. The van der Waals surface area contributed by atoms with Crippen molar-refractivity contribution < 1.29 is 9.13 Å². The Morgan fingerprint density at radius 1 is 1.29 bits per heavy atom. The smallest absolute Gasteiger partial charge is 0.133 e. The first-order valence-electron chi connectivity index (χ1n) is 7.09. The van der Waals surface area contributed by atoms with Gasteiger partial charge in [0.05, 0.1) is 11.2 Å². The lowest BCUT2D eigenvalue weighted by atomic mass is 9.98. The Morgan fingerprint density at radius 2 is 1.86 bits per heavy atom. The van der Waals surface area contributed by atoms with Gasteiger partial charge in [-0.25, -0.2) is 4.39 Å². The lowest BCUT2D eigenvalue weighted by molar-refractivity contribution is -0.182. The van der Waals surface area contributed by atoms with Crippen molar-refractivity contribution in [2.45, 2.75) is 45.4 Å². The number of benzene rings is 1. The zero-order valence-corrected chi connectivity index (χ0v) is 13.9. The number of nitrogens with zero attached hydrogens (tertiary/aromatic N) is 1. The summed E-state index contributed by atoms with van der Waals surface area (Å²) < 4.78 is 19.7. The van der Waals surface area contributed by atoms with E-state index in [0.717, 1.165) is 25.2 Å². The van der Waals surface area contributed by atoms with E-state index in [4.69, 9.17) is 22.7 Å². The summed E-state index contributed by atoms with van der Waals surface area (Å²) in [4.78, 5) is 2.41. The van der Waals surface area contributed by atoms with E-state index in [1.165, 1.54) is 6.07 Å². The van der Waals surface area contributed by atoms with Crippen LogP contribution in [-0.2, 0) is 11.3 Å². The van der Waals surface area contributed by atoms with Crippen molar-refractivity contribution in [3.63, 3.8) is 0 Å². The Morgan fingerprint density at radius 3 is 2.38 bits per heavy atom. The molecule has 1 aromatic carbocycles. The van der Waals surface area contributed by atoms with Crippen LogP contribution < -0.4 is 5.73 Å². The highest BCUT2D eigenvalue weighted by atomic mass is 32.1. The maximum Gasteiger partial charge on any atom is 0.133 e. The normalized spacial score (nSPS) is 21.2. The highest BCUT2D eigenvalue weighted by molar-refractivity contribution is 7.80. The Hall–Kier alpha value is -1.04. The Labute approximate surface area is 131 Å². The molecule has 0 spiro atoms.